The Morgan fingerprint density at radius 3 is 1.83 bits per heavy atom. The van der Waals surface area contributed by atoms with Gasteiger partial charge in [-0.1, -0.05) is 24.3 Å². The van der Waals surface area contributed by atoms with Crippen molar-refractivity contribution in [3.8, 4) is 0 Å². The average molecular weight is 334 g/mol. The number of nitrogens with one attached hydrogen (secondary N) is 1. The van der Waals surface area contributed by atoms with Crippen LogP contribution in [0.2, 0.25) is 0 Å². The number of nitrogens with zero attached hydrogens (tertiary/aromatic N) is 1. The number of hydrogen-bond donors (Lipinski definition) is 2. The highest BCUT2D eigenvalue weighted by Crippen LogP contribution is 2.23. The van der Waals surface area contributed by atoms with Crippen molar-refractivity contribution in [1.82, 2.24) is 10.2 Å². The van der Waals surface area contributed by atoms with Gasteiger partial charge in [0.25, 0.3) is 0 Å². The van der Waals surface area contributed by atoms with Gasteiger partial charge in [0.1, 0.15) is 11.6 Å². The van der Waals surface area contributed by atoms with E-state index in [1.807, 2.05) is 0 Å². The molecular formula is C18H20F2N2O2. The van der Waals surface area contributed by atoms with Gasteiger partial charge in [0.05, 0.1) is 12.1 Å². The Hall–Kier alpha value is -2.47. The third-order valence-corrected chi connectivity index (χ3v) is 3.56. The van der Waals surface area contributed by atoms with Gasteiger partial charge in [0.15, 0.2) is 0 Å². The number of hydrogen-bond acceptors (Lipinski definition) is 2. The van der Waals surface area contributed by atoms with E-state index >= 15 is 0 Å². The van der Waals surface area contributed by atoms with Gasteiger partial charge in [-0.3, -0.25) is 0 Å². The molecule has 2 aromatic carbocycles. The molecule has 24 heavy (non-hydrogen) atoms. The number of urea groups is 1. The summed E-state index contributed by atoms with van der Waals surface area (Å²) in [4.78, 5) is 13.7. The minimum atomic E-state index is -0.657. The highest BCUT2D eigenvalue weighted by atomic mass is 19.1. The molecule has 0 aliphatic rings. The molecule has 2 rings (SSSR count). The molecule has 0 aliphatic heterocycles. The van der Waals surface area contributed by atoms with E-state index in [1.165, 1.54) is 29.2 Å². The lowest BCUT2D eigenvalue weighted by molar-refractivity contribution is 0.143. The first-order valence-electron chi connectivity index (χ1n) is 7.57. The highest BCUT2D eigenvalue weighted by Gasteiger charge is 2.20. The lowest BCUT2D eigenvalue weighted by atomic mass is 9.98. The molecule has 0 aliphatic carbocycles. The molecule has 0 saturated carbocycles. The summed E-state index contributed by atoms with van der Waals surface area (Å²) in [5.41, 5.74) is 1.34. The Labute approximate surface area is 139 Å². The van der Waals surface area contributed by atoms with E-state index in [1.54, 1.807) is 38.2 Å². The van der Waals surface area contributed by atoms with Crippen LogP contribution in [-0.4, -0.2) is 35.7 Å². The van der Waals surface area contributed by atoms with Gasteiger partial charge in [-0.25, -0.2) is 13.6 Å². The number of aliphatic hydroxyl groups is 1. The SMILES string of the molecule is C[C@@H](O)CN(C)C(=O)NC(c1ccc(F)cc1)c1ccc(F)cc1. The summed E-state index contributed by atoms with van der Waals surface area (Å²) in [6.45, 7) is 1.76. The lowest BCUT2D eigenvalue weighted by Gasteiger charge is -2.25. The molecular weight excluding hydrogens is 314 g/mol. The number of likely N-dealkylation sites (N-methyl/N-ethyl adjacent to an activating group) is 1. The molecule has 0 radical (unpaired) electrons. The predicted octanol–water partition coefficient (Wildman–Crippen LogP) is 3.08. The second-order valence-corrected chi connectivity index (χ2v) is 5.72. The Kier molecular flexibility index (Phi) is 5.87. The first kappa shape index (κ1) is 17.9. The summed E-state index contributed by atoms with van der Waals surface area (Å²) in [6.07, 6.45) is -0.657. The van der Waals surface area contributed by atoms with Crippen LogP contribution in [-0.2, 0) is 0 Å². The molecule has 2 aromatic rings. The van der Waals surface area contributed by atoms with E-state index in [0.29, 0.717) is 11.1 Å². The number of carbonyl (C=O) groups excluding carboxylic acids is 1. The van der Waals surface area contributed by atoms with Gasteiger partial charge in [-0.2, -0.15) is 0 Å². The highest BCUT2D eigenvalue weighted by molar-refractivity contribution is 5.75. The lowest BCUT2D eigenvalue weighted by Crippen LogP contribution is -2.42. The Balaban J connectivity index is 2.27. The molecule has 4 nitrogen and oxygen atoms in total. The van der Waals surface area contributed by atoms with Crippen LogP contribution in [0.3, 0.4) is 0 Å². The average Bonchev–Trinajstić information content (AvgIpc) is 2.53. The van der Waals surface area contributed by atoms with Crippen LogP contribution in [0, 0.1) is 11.6 Å². The summed E-state index contributed by atoms with van der Waals surface area (Å²) in [5.74, 6) is -0.761. The second kappa shape index (κ2) is 7.88. The maximum atomic E-state index is 13.2. The fraction of sp³-hybridized carbons (Fsp3) is 0.278. The van der Waals surface area contributed by atoms with E-state index in [4.69, 9.17) is 0 Å². The van der Waals surface area contributed by atoms with Gasteiger partial charge in [-0.05, 0) is 42.3 Å². The number of benzene rings is 2. The number of halogens is 2. The first-order chi connectivity index (χ1) is 11.4. The molecule has 0 heterocycles. The Bertz CT molecular complexity index is 627. The molecule has 2 N–H and O–H groups in total. The van der Waals surface area contributed by atoms with Crippen molar-refractivity contribution in [2.75, 3.05) is 13.6 Å². The summed E-state index contributed by atoms with van der Waals surface area (Å²) in [5, 5.41) is 12.2. The topological polar surface area (TPSA) is 52.6 Å². The standard InChI is InChI=1S/C18H20F2N2O2/c1-12(23)11-22(2)18(24)21-17(13-3-7-15(19)8-4-13)14-5-9-16(20)10-6-14/h3-10,12,17,23H,11H2,1-2H3,(H,21,24)/t12-/m1/s1. The van der Waals surface area contributed by atoms with Crippen LogP contribution >= 0.6 is 0 Å². The number of amides is 2. The quantitative estimate of drug-likeness (QED) is 0.883. The summed E-state index contributed by atoms with van der Waals surface area (Å²) < 4.78 is 26.3. The van der Waals surface area contributed by atoms with Crippen LogP contribution in [0.15, 0.2) is 48.5 Å². The first-order valence-corrected chi connectivity index (χ1v) is 7.57. The third-order valence-electron chi connectivity index (χ3n) is 3.56. The zero-order valence-electron chi connectivity index (χ0n) is 13.5. The van der Waals surface area contributed by atoms with Crippen molar-refractivity contribution in [3.63, 3.8) is 0 Å². The van der Waals surface area contributed by atoms with Crippen molar-refractivity contribution >= 4 is 6.03 Å². The summed E-state index contributed by atoms with van der Waals surface area (Å²) in [6, 6.07) is 10.5. The molecule has 0 spiro atoms. The number of carbonyl (C=O) groups is 1. The number of aliphatic hydroxyl groups excluding tert-OH is 1. The smallest absolute Gasteiger partial charge is 0.317 e. The van der Waals surface area contributed by atoms with E-state index in [9.17, 15) is 18.7 Å². The minimum Gasteiger partial charge on any atom is -0.392 e. The molecule has 0 bridgehead atoms. The maximum absolute atomic E-state index is 13.2. The van der Waals surface area contributed by atoms with Gasteiger partial charge in [0, 0.05) is 13.6 Å². The van der Waals surface area contributed by atoms with E-state index in [-0.39, 0.29) is 18.2 Å². The van der Waals surface area contributed by atoms with E-state index < -0.39 is 18.2 Å². The fourth-order valence-electron chi connectivity index (χ4n) is 2.38. The van der Waals surface area contributed by atoms with Crippen molar-refractivity contribution in [2.24, 2.45) is 0 Å². The maximum Gasteiger partial charge on any atom is 0.317 e. The molecule has 0 saturated heterocycles. The van der Waals surface area contributed by atoms with Crippen molar-refractivity contribution in [1.29, 1.82) is 0 Å². The monoisotopic (exact) mass is 334 g/mol. The van der Waals surface area contributed by atoms with E-state index in [0.717, 1.165) is 0 Å². The zero-order chi connectivity index (χ0) is 17.7. The van der Waals surface area contributed by atoms with Crippen LogP contribution in [0.25, 0.3) is 0 Å². The van der Waals surface area contributed by atoms with Crippen molar-refractivity contribution < 1.29 is 18.7 Å². The molecule has 1 atom stereocenters. The molecule has 0 unspecified atom stereocenters. The van der Waals surface area contributed by atoms with Crippen LogP contribution in [0.5, 0.6) is 0 Å². The van der Waals surface area contributed by atoms with Gasteiger partial charge in [0.2, 0.25) is 0 Å². The second-order valence-electron chi connectivity index (χ2n) is 5.72. The normalized spacial score (nSPS) is 12.1. The third kappa shape index (κ3) is 4.76. The fourth-order valence-corrected chi connectivity index (χ4v) is 2.38. The largest absolute Gasteiger partial charge is 0.392 e. The van der Waals surface area contributed by atoms with Gasteiger partial charge < -0.3 is 15.3 Å². The van der Waals surface area contributed by atoms with E-state index in [2.05, 4.69) is 5.32 Å². The Morgan fingerprint density at radius 2 is 1.46 bits per heavy atom. The molecule has 0 aromatic heterocycles. The van der Waals surface area contributed by atoms with Crippen LogP contribution in [0.1, 0.15) is 24.1 Å². The predicted molar refractivity (Wildman–Crippen MR) is 87.5 cm³/mol. The van der Waals surface area contributed by atoms with Crippen LogP contribution < -0.4 is 5.32 Å². The molecule has 6 heteroatoms. The van der Waals surface area contributed by atoms with Gasteiger partial charge in [-0.15, -0.1) is 0 Å². The summed E-state index contributed by atoms with van der Waals surface area (Å²) in [7, 11) is 1.56. The number of rotatable bonds is 5. The summed E-state index contributed by atoms with van der Waals surface area (Å²) >= 11 is 0. The molecule has 0 fully saturated rings. The van der Waals surface area contributed by atoms with Crippen molar-refractivity contribution in [2.45, 2.75) is 19.1 Å². The minimum absolute atomic E-state index is 0.172. The zero-order valence-corrected chi connectivity index (χ0v) is 13.5. The van der Waals surface area contributed by atoms with Gasteiger partial charge >= 0.3 is 6.03 Å². The molecule has 2 amide bonds. The van der Waals surface area contributed by atoms with Crippen molar-refractivity contribution in [3.05, 3.63) is 71.3 Å². The Morgan fingerprint density at radius 1 is 1.04 bits per heavy atom. The molecule has 128 valence electrons. The van der Waals surface area contributed by atoms with Crippen LogP contribution in [0.4, 0.5) is 13.6 Å².